The third kappa shape index (κ3) is 6.63. The predicted octanol–water partition coefficient (Wildman–Crippen LogP) is 6.56. The van der Waals surface area contributed by atoms with Crippen molar-refractivity contribution in [3.63, 3.8) is 0 Å². The lowest BCUT2D eigenvalue weighted by Gasteiger charge is -2.55. The lowest BCUT2D eigenvalue weighted by Crippen LogP contribution is -2.59. The van der Waals surface area contributed by atoms with Gasteiger partial charge in [-0.25, -0.2) is 13.2 Å². The summed E-state index contributed by atoms with van der Waals surface area (Å²) in [5.74, 6) is 0.816. The molecule has 0 radical (unpaired) electrons. The van der Waals surface area contributed by atoms with Crippen molar-refractivity contribution in [2.24, 2.45) is 5.41 Å². The fraction of sp³-hybridized carbons (Fsp3) is 0.476. The second kappa shape index (κ2) is 14.3. The molecule has 8 rings (SSSR count). The molecule has 1 aliphatic carbocycles. The molecule has 10 nitrogen and oxygen atoms in total. The van der Waals surface area contributed by atoms with Crippen LogP contribution in [0.5, 0.6) is 11.8 Å². The number of terminal acetylenes is 1. The molecule has 4 aromatic rings. The molecule has 4 aliphatic rings. The van der Waals surface area contributed by atoms with E-state index in [0.717, 1.165) is 51.7 Å². The summed E-state index contributed by atoms with van der Waals surface area (Å²) in [6, 6.07) is 5.34. The van der Waals surface area contributed by atoms with Crippen LogP contribution in [0.25, 0.3) is 32.9 Å². The van der Waals surface area contributed by atoms with Gasteiger partial charge in [-0.05, 0) is 80.5 Å². The number of likely N-dealkylation sites (tertiary alicyclic amines) is 2. The Kier molecular flexibility index (Phi) is 9.62. The number of carbonyl (C=O) groups is 1. The molecular weight excluding hydrogens is 709 g/mol. The largest absolute Gasteiger partial charge is 0.508 e. The highest BCUT2D eigenvalue weighted by atomic mass is 19.1. The van der Waals surface area contributed by atoms with E-state index in [1.165, 1.54) is 36.5 Å². The number of ether oxygens (including phenoxy) is 2. The van der Waals surface area contributed by atoms with Crippen LogP contribution < -0.4 is 9.64 Å². The minimum Gasteiger partial charge on any atom is -0.508 e. The number of amides is 1. The molecule has 2 aromatic heterocycles. The first-order valence-electron chi connectivity index (χ1n) is 19.0. The summed E-state index contributed by atoms with van der Waals surface area (Å²) in [5.41, 5.74) is -0.723. The number of aromatic nitrogens is 3. The third-order valence-corrected chi connectivity index (χ3v) is 12.4. The van der Waals surface area contributed by atoms with Crippen molar-refractivity contribution in [3.8, 4) is 35.4 Å². The average Bonchev–Trinajstić information content (AvgIpc) is 3.75. The molecule has 0 bridgehead atoms. The highest BCUT2D eigenvalue weighted by molar-refractivity contribution is 6.03. The van der Waals surface area contributed by atoms with Crippen molar-refractivity contribution in [2.45, 2.75) is 75.7 Å². The van der Waals surface area contributed by atoms with Gasteiger partial charge in [0.25, 0.3) is 0 Å². The third-order valence-electron chi connectivity index (χ3n) is 12.4. The van der Waals surface area contributed by atoms with Crippen LogP contribution in [-0.2, 0) is 9.53 Å². The van der Waals surface area contributed by atoms with Gasteiger partial charge in [0.15, 0.2) is 5.82 Å². The van der Waals surface area contributed by atoms with E-state index in [2.05, 4.69) is 27.4 Å². The second-order valence-electron chi connectivity index (χ2n) is 16.0. The lowest BCUT2D eigenvalue weighted by molar-refractivity contribution is -0.126. The van der Waals surface area contributed by atoms with Crippen molar-refractivity contribution in [1.82, 2.24) is 24.8 Å². The van der Waals surface area contributed by atoms with Gasteiger partial charge in [-0.3, -0.25) is 14.7 Å². The molecule has 3 atom stereocenters. The van der Waals surface area contributed by atoms with Crippen LogP contribution in [0.4, 0.5) is 19.0 Å². The Morgan fingerprint density at radius 1 is 1.22 bits per heavy atom. The number of fused-ring (bicyclic) bond motifs is 2. The number of hydrogen-bond acceptors (Lipinski definition) is 9. The number of likely N-dealkylation sites (N-methyl/N-ethyl adjacent to an activating group) is 1. The molecule has 13 heteroatoms. The van der Waals surface area contributed by atoms with Crippen molar-refractivity contribution < 1.29 is 32.5 Å². The summed E-state index contributed by atoms with van der Waals surface area (Å²) in [5, 5.41) is 11.5. The van der Waals surface area contributed by atoms with E-state index in [1.54, 1.807) is 11.9 Å². The highest BCUT2D eigenvalue weighted by Gasteiger charge is 2.54. The van der Waals surface area contributed by atoms with E-state index in [-0.39, 0.29) is 81.3 Å². The standard InChI is InChI=1S/C42H45F3N6O4/c1-5-30-33(44)10-9-25-16-29(52)17-31(35(25)30)37-36(45)38-32(21-46-37)39(49(4)23-27-8-7-13-50(27)34(53)6-2)48-40(47-38)55-24-41(3)18-26(43)22-51(41)28-19-42(20-28)11-14-54-15-12-42/h1,6,9-10,16-17,21,26-28,52H,2,7-8,11-15,18-20,22-24H2,3-4H3/t26-,27+,41+/m1/s1. The van der Waals surface area contributed by atoms with Gasteiger partial charge in [0.1, 0.15) is 41.4 Å². The fourth-order valence-corrected chi connectivity index (χ4v) is 9.57. The van der Waals surface area contributed by atoms with Gasteiger partial charge in [0.2, 0.25) is 5.91 Å². The smallest absolute Gasteiger partial charge is 0.319 e. The Morgan fingerprint density at radius 3 is 2.75 bits per heavy atom. The Bertz CT molecular complexity index is 2220. The number of phenols is 1. The number of hydrogen-bond donors (Lipinski definition) is 1. The number of aromatic hydroxyl groups is 1. The number of halogens is 3. The number of rotatable bonds is 9. The molecule has 55 heavy (non-hydrogen) atoms. The predicted molar refractivity (Wildman–Crippen MR) is 204 cm³/mol. The average molecular weight is 755 g/mol. The number of anilines is 1. The summed E-state index contributed by atoms with van der Waals surface area (Å²) in [7, 11) is 1.80. The Hall–Kier alpha value is -4.93. The maximum atomic E-state index is 17.1. The lowest BCUT2D eigenvalue weighted by atomic mass is 9.60. The monoisotopic (exact) mass is 754 g/mol. The van der Waals surface area contributed by atoms with Crippen LogP contribution in [0.2, 0.25) is 0 Å². The summed E-state index contributed by atoms with van der Waals surface area (Å²) >= 11 is 0. The minimum absolute atomic E-state index is 0.0699. The van der Waals surface area contributed by atoms with Crippen molar-refractivity contribution >= 4 is 33.4 Å². The number of phenolic OH excluding ortho intramolecular Hbond substituents is 1. The molecule has 1 saturated carbocycles. The van der Waals surface area contributed by atoms with Crippen molar-refractivity contribution in [1.29, 1.82) is 0 Å². The van der Waals surface area contributed by atoms with Gasteiger partial charge in [0.05, 0.1) is 16.5 Å². The molecule has 2 aromatic carbocycles. The molecule has 3 aliphatic heterocycles. The second-order valence-corrected chi connectivity index (χ2v) is 16.0. The Balaban J connectivity index is 1.18. The van der Waals surface area contributed by atoms with E-state index < -0.39 is 23.3 Å². The maximum Gasteiger partial charge on any atom is 0.319 e. The maximum absolute atomic E-state index is 17.1. The number of nitrogens with zero attached hydrogens (tertiary/aromatic N) is 6. The van der Waals surface area contributed by atoms with Gasteiger partial charge in [-0.15, -0.1) is 6.42 Å². The molecule has 1 N–H and O–H groups in total. The van der Waals surface area contributed by atoms with Crippen LogP contribution in [0.3, 0.4) is 0 Å². The summed E-state index contributed by atoms with van der Waals surface area (Å²) in [6.45, 7) is 8.52. The molecule has 1 amide bonds. The Labute approximate surface area is 318 Å². The zero-order valence-electron chi connectivity index (χ0n) is 31.2. The highest BCUT2D eigenvalue weighted by Crippen LogP contribution is 2.53. The van der Waals surface area contributed by atoms with Crippen LogP contribution in [0.15, 0.2) is 43.1 Å². The van der Waals surface area contributed by atoms with E-state index in [1.807, 2.05) is 11.8 Å². The van der Waals surface area contributed by atoms with Gasteiger partial charge < -0.3 is 24.4 Å². The zero-order chi connectivity index (χ0) is 38.6. The number of pyridine rings is 1. The molecular formula is C42H45F3N6O4. The van der Waals surface area contributed by atoms with Gasteiger partial charge in [-0.1, -0.05) is 18.6 Å². The normalized spacial score (nSPS) is 24.0. The fourth-order valence-electron chi connectivity index (χ4n) is 9.57. The number of carbonyl (C=O) groups excluding carboxylic acids is 1. The summed E-state index contributed by atoms with van der Waals surface area (Å²) in [6.07, 6.45) is 13.3. The topological polar surface area (TPSA) is 104 Å². The quantitative estimate of drug-likeness (QED) is 0.150. The van der Waals surface area contributed by atoms with Crippen molar-refractivity contribution in [2.75, 3.05) is 51.4 Å². The van der Waals surface area contributed by atoms with E-state index >= 15 is 8.78 Å². The van der Waals surface area contributed by atoms with Crippen LogP contribution in [-0.4, -0.2) is 106 Å². The summed E-state index contributed by atoms with van der Waals surface area (Å²) < 4.78 is 59.2. The number of benzene rings is 2. The minimum atomic E-state index is -1.02. The first kappa shape index (κ1) is 37.0. The molecule has 1 spiro atoms. The van der Waals surface area contributed by atoms with E-state index in [9.17, 15) is 14.3 Å². The van der Waals surface area contributed by atoms with Crippen LogP contribution in [0.1, 0.15) is 57.4 Å². The SMILES string of the molecule is C#Cc1c(F)ccc2cc(O)cc(-c3ncc4c(N(C)C[C@@H]5CCCN5C(=O)C=C)nc(OC[C@]5(C)C[C@@H](F)CN5C5CC6(CCOCC6)C5)nc4c3F)c12. The molecule has 288 valence electrons. The van der Waals surface area contributed by atoms with Gasteiger partial charge in [-0.2, -0.15) is 9.97 Å². The van der Waals surface area contributed by atoms with E-state index in [0.29, 0.717) is 30.8 Å². The van der Waals surface area contributed by atoms with Gasteiger partial charge >= 0.3 is 6.01 Å². The molecule has 3 saturated heterocycles. The first-order chi connectivity index (χ1) is 26.4. The first-order valence-corrected chi connectivity index (χ1v) is 19.0. The molecule has 4 fully saturated rings. The molecule has 0 unspecified atom stereocenters. The Morgan fingerprint density at radius 2 is 2.00 bits per heavy atom. The number of alkyl halides is 1. The zero-order valence-corrected chi connectivity index (χ0v) is 31.2. The van der Waals surface area contributed by atoms with Gasteiger partial charge in [0, 0.05) is 75.5 Å². The van der Waals surface area contributed by atoms with Crippen molar-refractivity contribution in [3.05, 3.63) is 60.3 Å². The summed E-state index contributed by atoms with van der Waals surface area (Å²) in [4.78, 5) is 32.3. The van der Waals surface area contributed by atoms with Crippen LogP contribution >= 0.6 is 0 Å². The molecule has 5 heterocycles. The van der Waals surface area contributed by atoms with Crippen LogP contribution in [0, 0.1) is 29.4 Å². The van der Waals surface area contributed by atoms with E-state index in [4.69, 9.17) is 20.9 Å².